The molecule has 0 spiro atoms. The molecular formula is C21H29N4S. The second kappa shape index (κ2) is 7.55. The number of fused-ring (bicyclic) bond motifs is 1. The number of thioether (sulfide) groups is 1. The summed E-state index contributed by atoms with van der Waals surface area (Å²) in [5.41, 5.74) is 4.09. The number of H-pyrrole nitrogens is 1. The van der Waals surface area contributed by atoms with Crippen molar-refractivity contribution in [3.63, 3.8) is 0 Å². The van der Waals surface area contributed by atoms with E-state index in [4.69, 9.17) is 5.32 Å². The minimum Gasteiger partial charge on any atom is -0.361 e. The van der Waals surface area contributed by atoms with Crippen LogP contribution in [0.5, 0.6) is 0 Å². The Kier molecular flexibility index (Phi) is 4.97. The zero-order chi connectivity index (χ0) is 17.3. The fourth-order valence-electron chi connectivity index (χ4n) is 4.54. The predicted octanol–water partition coefficient (Wildman–Crippen LogP) is 3.23. The van der Waals surface area contributed by atoms with Crippen molar-refractivity contribution in [1.82, 2.24) is 20.1 Å². The van der Waals surface area contributed by atoms with Crippen LogP contribution in [-0.4, -0.2) is 65.1 Å². The molecule has 3 fully saturated rings. The molecule has 1 N–H and O–H groups in total. The van der Waals surface area contributed by atoms with Crippen molar-refractivity contribution < 1.29 is 0 Å². The first-order valence-corrected chi connectivity index (χ1v) is 11.3. The summed E-state index contributed by atoms with van der Waals surface area (Å²) in [4.78, 5) is 8.86. The van der Waals surface area contributed by atoms with E-state index in [0.717, 1.165) is 24.9 Å². The summed E-state index contributed by atoms with van der Waals surface area (Å²) in [5, 5.41) is 6.18. The standard InChI is InChI=1S/C21H29N4S/c1-2-18(3-1)25-9-7-24(8-10-25)14-17-13-23-20-12-16(4-5-19(17)20)21-15-26-11-6-22-21/h4-5,12-13,18,21,23H,1-3,6-11,14-15H2. The molecule has 1 aromatic carbocycles. The van der Waals surface area contributed by atoms with Gasteiger partial charge in [0.1, 0.15) is 0 Å². The number of aromatic nitrogens is 1. The number of rotatable bonds is 4. The zero-order valence-electron chi connectivity index (χ0n) is 15.5. The summed E-state index contributed by atoms with van der Waals surface area (Å²) in [6.07, 6.45) is 6.52. The van der Waals surface area contributed by atoms with Gasteiger partial charge in [0.15, 0.2) is 0 Å². The van der Waals surface area contributed by atoms with Crippen LogP contribution in [0.1, 0.15) is 36.4 Å². The van der Waals surface area contributed by atoms with Gasteiger partial charge in [-0.15, -0.1) is 0 Å². The summed E-state index contributed by atoms with van der Waals surface area (Å²) >= 11 is 2.02. The van der Waals surface area contributed by atoms with Crippen LogP contribution in [0.15, 0.2) is 24.4 Å². The number of nitrogens with one attached hydrogen (secondary N) is 1. The van der Waals surface area contributed by atoms with Crippen molar-refractivity contribution >= 4 is 22.7 Å². The van der Waals surface area contributed by atoms with E-state index in [9.17, 15) is 0 Å². The normalized spacial score (nSPS) is 26.2. The highest BCUT2D eigenvalue weighted by molar-refractivity contribution is 7.99. The molecule has 1 radical (unpaired) electrons. The highest BCUT2D eigenvalue weighted by Gasteiger charge is 2.28. The van der Waals surface area contributed by atoms with Gasteiger partial charge >= 0.3 is 0 Å². The Morgan fingerprint density at radius 2 is 2.04 bits per heavy atom. The highest BCUT2D eigenvalue weighted by atomic mass is 32.2. The third kappa shape index (κ3) is 3.42. The van der Waals surface area contributed by atoms with Crippen LogP contribution in [0.3, 0.4) is 0 Å². The minimum atomic E-state index is 0.379. The van der Waals surface area contributed by atoms with Crippen molar-refractivity contribution in [3.05, 3.63) is 35.5 Å². The second-order valence-corrected chi connectivity index (χ2v) is 9.16. The first kappa shape index (κ1) is 17.1. The van der Waals surface area contributed by atoms with Gasteiger partial charge in [-0.25, -0.2) is 5.32 Å². The number of hydrogen-bond acceptors (Lipinski definition) is 3. The van der Waals surface area contributed by atoms with Gasteiger partial charge in [0.25, 0.3) is 0 Å². The molecule has 3 heterocycles. The molecule has 4 nitrogen and oxygen atoms in total. The molecule has 26 heavy (non-hydrogen) atoms. The van der Waals surface area contributed by atoms with Gasteiger partial charge in [-0.2, -0.15) is 11.8 Å². The summed E-state index contributed by atoms with van der Waals surface area (Å²) in [7, 11) is 0. The largest absolute Gasteiger partial charge is 0.361 e. The van der Waals surface area contributed by atoms with Crippen molar-refractivity contribution in [2.45, 2.75) is 37.9 Å². The lowest BCUT2D eigenvalue weighted by Gasteiger charge is -2.43. The Hall–Kier alpha value is -1.01. The molecule has 1 saturated carbocycles. The molecule has 139 valence electrons. The quantitative estimate of drug-likeness (QED) is 0.899. The molecule has 3 aliphatic rings. The molecule has 5 heteroatoms. The summed E-state index contributed by atoms with van der Waals surface area (Å²) in [6, 6.07) is 8.22. The Bertz CT molecular complexity index is 740. The third-order valence-corrected chi connectivity index (χ3v) is 7.45. The molecule has 2 aromatic rings. The topological polar surface area (TPSA) is 36.4 Å². The van der Waals surface area contributed by atoms with Gasteiger partial charge in [-0.1, -0.05) is 18.6 Å². The average Bonchev–Trinajstić information content (AvgIpc) is 3.05. The van der Waals surface area contributed by atoms with E-state index < -0.39 is 0 Å². The minimum absolute atomic E-state index is 0.379. The maximum atomic E-state index is 4.79. The molecule has 0 bridgehead atoms. The molecule has 2 aliphatic heterocycles. The average molecular weight is 370 g/mol. The van der Waals surface area contributed by atoms with E-state index in [1.807, 2.05) is 11.8 Å². The van der Waals surface area contributed by atoms with E-state index in [-0.39, 0.29) is 0 Å². The molecule has 1 unspecified atom stereocenters. The van der Waals surface area contributed by atoms with Crippen LogP contribution in [0.4, 0.5) is 0 Å². The van der Waals surface area contributed by atoms with Gasteiger partial charge in [-0.05, 0) is 30.0 Å². The first-order chi connectivity index (χ1) is 12.9. The van der Waals surface area contributed by atoms with E-state index in [2.05, 4.69) is 39.2 Å². The monoisotopic (exact) mass is 369 g/mol. The van der Waals surface area contributed by atoms with Gasteiger partial charge in [0, 0.05) is 73.9 Å². The van der Waals surface area contributed by atoms with Gasteiger partial charge in [0.05, 0.1) is 6.04 Å². The maximum absolute atomic E-state index is 4.79. The van der Waals surface area contributed by atoms with Gasteiger partial charge in [0.2, 0.25) is 0 Å². The lowest BCUT2D eigenvalue weighted by molar-refractivity contribution is 0.0589. The van der Waals surface area contributed by atoms with Crippen LogP contribution < -0.4 is 5.32 Å². The summed E-state index contributed by atoms with van der Waals surface area (Å²) in [5.74, 6) is 2.31. The first-order valence-electron chi connectivity index (χ1n) is 10.2. The van der Waals surface area contributed by atoms with E-state index in [1.54, 1.807) is 0 Å². The fourth-order valence-corrected chi connectivity index (χ4v) is 5.47. The van der Waals surface area contributed by atoms with E-state index in [0.29, 0.717) is 6.04 Å². The summed E-state index contributed by atoms with van der Waals surface area (Å²) < 4.78 is 0. The van der Waals surface area contributed by atoms with Crippen LogP contribution in [-0.2, 0) is 6.54 Å². The van der Waals surface area contributed by atoms with E-state index in [1.165, 1.54) is 73.2 Å². The maximum Gasteiger partial charge on any atom is 0.0587 e. The number of benzene rings is 1. The van der Waals surface area contributed by atoms with Crippen molar-refractivity contribution in [2.24, 2.45) is 0 Å². The number of hydrogen-bond donors (Lipinski definition) is 1. The SMILES string of the molecule is c1cc2c(CN3CCN(C4CCC4)CC3)c[nH]c2cc1C1CSCC[N]1. The zero-order valence-corrected chi connectivity index (χ0v) is 16.3. The van der Waals surface area contributed by atoms with Gasteiger partial charge in [-0.3, -0.25) is 9.80 Å². The molecular weight excluding hydrogens is 340 g/mol. The number of aromatic amines is 1. The molecule has 2 saturated heterocycles. The van der Waals surface area contributed by atoms with E-state index >= 15 is 0 Å². The Balaban J connectivity index is 1.25. The van der Waals surface area contributed by atoms with Crippen molar-refractivity contribution in [3.8, 4) is 0 Å². The number of nitrogens with zero attached hydrogens (tertiary/aromatic N) is 3. The Morgan fingerprint density at radius 3 is 2.77 bits per heavy atom. The van der Waals surface area contributed by atoms with Crippen molar-refractivity contribution in [2.75, 3.05) is 44.2 Å². The Labute approximate surface area is 160 Å². The van der Waals surface area contributed by atoms with Crippen LogP contribution >= 0.6 is 11.8 Å². The number of piperazine rings is 1. The lowest BCUT2D eigenvalue weighted by Crippen LogP contribution is -2.51. The van der Waals surface area contributed by atoms with Crippen LogP contribution in [0.2, 0.25) is 0 Å². The van der Waals surface area contributed by atoms with Crippen LogP contribution in [0, 0.1) is 0 Å². The Morgan fingerprint density at radius 1 is 1.15 bits per heavy atom. The smallest absolute Gasteiger partial charge is 0.0587 e. The molecule has 1 atom stereocenters. The lowest BCUT2D eigenvalue weighted by atomic mass is 9.91. The molecule has 1 aliphatic carbocycles. The summed E-state index contributed by atoms with van der Waals surface area (Å²) in [6.45, 7) is 6.98. The van der Waals surface area contributed by atoms with Crippen molar-refractivity contribution in [1.29, 1.82) is 0 Å². The molecule has 0 amide bonds. The van der Waals surface area contributed by atoms with Gasteiger partial charge < -0.3 is 4.98 Å². The third-order valence-electron chi connectivity index (χ3n) is 6.43. The highest BCUT2D eigenvalue weighted by Crippen LogP contribution is 2.29. The second-order valence-electron chi connectivity index (χ2n) is 8.01. The molecule has 1 aromatic heterocycles. The predicted molar refractivity (Wildman–Crippen MR) is 110 cm³/mol. The fraction of sp³-hybridized carbons (Fsp3) is 0.619. The van der Waals surface area contributed by atoms with Crippen LogP contribution in [0.25, 0.3) is 10.9 Å². The molecule has 5 rings (SSSR count).